The molecule has 68 heavy (non-hydrogen) atoms. The fourth-order valence-corrected chi connectivity index (χ4v) is 9.28. The van der Waals surface area contributed by atoms with Crippen LogP contribution in [0.15, 0.2) is 24.3 Å². The average Bonchev–Trinajstić information content (AvgIpc) is 3.34. The number of allylic oxidation sites excluding steroid dienone is 4. The molecule has 0 aromatic heterocycles. The number of carbonyl (C=O) groups excluding carboxylic acids is 1. The van der Waals surface area contributed by atoms with Gasteiger partial charge in [-0.1, -0.05) is 237 Å². The number of aliphatic hydroxyl groups is 7. The van der Waals surface area contributed by atoms with Crippen molar-refractivity contribution in [1.29, 1.82) is 0 Å². The third-order valence-corrected chi connectivity index (χ3v) is 14.0. The summed E-state index contributed by atoms with van der Waals surface area (Å²) in [5.74, 6) is -0.712. The molecule has 0 spiro atoms. The van der Waals surface area contributed by atoms with Crippen LogP contribution in [0.4, 0.5) is 0 Å². The zero-order chi connectivity index (χ0) is 49.7. The average molecular weight is 968 g/mol. The van der Waals surface area contributed by atoms with Gasteiger partial charge in [0.2, 0.25) is 5.91 Å². The Kier molecular flexibility index (Phi) is 44.3. The van der Waals surface area contributed by atoms with E-state index in [9.17, 15) is 40.5 Å². The number of carbonyl (C=O) groups is 1. The van der Waals surface area contributed by atoms with Crippen molar-refractivity contribution in [3.05, 3.63) is 24.3 Å². The van der Waals surface area contributed by atoms with Gasteiger partial charge in [-0.25, -0.2) is 0 Å². The van der Waals surface area contributed by atoms with E-state index < -0.39 is 74.2 Å². The highest BCUT2D eigenvalue weighted by Crippen LogP contribution is 2.23. The molecule has 1 fully saturated rings. The number of aliphatic hydroxyl groups excluding tert-OH is 7. The van der Waals surface area contributed by atoms with Gasteiger partial charge in [0.05, 0.1) is 25.4 Å². The summed E-state index contributed by atoms with van der Waals surface area (Å²) in [5.41, 5.74) is 0. The summed E-state index contributed by atoms with van der Waals surface area (Å²) in [4.78, 5) is 13.1. The first kappa shape index (κ1) is 64.6. The Balaban J connectivity index is 2.21. The van der Waals surface area contributed by atoms with Gasteiger partial charge in [0.25, 0.3) is 0 Å². The summed E-state index contributed by atoms with van der Waals surface area (Å²) >= 11 is 0. The van der Waals surface area contributed by atoms with Crippen molar-refractivity contribution in [3.63, 3.8) is 0 Å². The first-order valence-electron chi connectivity index (χ1n) is 28.7. The van der Waals surface area contributed by atoms with Crippen molar-refractivity contribution < 1.29 is 50.0 Å². The summed E-state index contributed by atoms with van der Waals surface area (Å²) in [6.07, 6.45) is 44.3. The molecule has 402 valence electrons. The highest BCUT2D eigenvalue weighted by atomic mass is 16.7. The Bertz CT molecular complexity index is 1160. The Labute approximate surface area is 416 Å². The maximum atomic E-state index is 13.1. The first-order chi connectivity index (χ1) is 33.2. The topological polar surface area (TPSA) is 189 Å². The summed E-state index contributed by atoms with van der Waals surface area (Å²) in [6.45, 7) is 3.41. The molecule has 0 radical (unpaired) electrons. The second kappa shape index (κ2) is 46.6. The Morgan fingerprint density at radius 3 is 1.31 bits per heavy atom. The molecule has 1 aliphatic heterocycles. The minimum atomic E-state index is -1.67. The Hall–Kier alpha value is -1.41. The molecular formula is C57H109NO10. The molecule has 1 aliphatic rings. The number of hydrogen-bond donors (Lipinski definition) is 8. The van der Waals surface area contributed by atoms with Crippen molar-refractivity contribution in [3.8, 4) is 0 Å². The minimum Gasteiger partial charge on any atom is -0.394 e. The Morgan fingerprint density at radius 2 is 0.882 bits per heavy atom. The lowest BCUT2D eigenvalue weighted by molar-refractivity contribution is -0.303. The van der Waals surface area contributed by atoms with Crippen LogP contribution in [0.25, 0.3) is 0 Å². The van der Waals surface area contributed by atoms with Crippen molar-refractivity contribution in [1.82, 2.24) is 5.32 Å². The van der Waals surface area contributed by atoms with Crippen LogP contribution in [0.3, 0.4) is 0 Å². The zero-order valence-corrected chi connectivity index (χ0v) is 43.9. The lowest BCUT2D eigenvalue weighted by Gasteiger charge is -2.40. The highest BCUT2D eigenvalue weighted by molar-refractivity contribution is 5.80. The lowest BCUT2D eigenvalue weighted by atomic mass is 9.98. The fraction of sp³-hybridized carbons (Fsp3) is 0.912. The predicted molar refractivity (Wildman–Crippen MR) is 279 cm³/mol. The number of nitrogens with one attached hydrogen (secondary N) is 1. The van der Waals surface area contributed by atoms with Crippen molar-refractivity contribution in [2.75, 3.05) is 13.2 Å². The van der Waals surface area contributed by atoms with E-state index in [1.165, 1.54) is 180 Å². The Morgan fingerprint density at radius 1 is 0.500 bits per heavy atom. The van der Waals surface area contributed by atoms with Crippen LogP contribution in [0.1, 0.15) is 264 Å². The normalized spacial score (nSPS) is 20.6. The maximum absolute atomic E-state index is 13.1. The van der Waals surface area contributed by atoms with E-state index in [0.717, 1.165) is 38.5 Å². The largest absolute Gasteiger partial charge is 0.394 e. The molecule has 1 amide bonds. The van der Waals surface area contributed by atoms with E-state index in [0.29, 0.717) is 19.3 Å². The molecule has 0 bridgehead atoms. The lowest BCUT2D eigenvalue weighted by Crippen LogP contribution is -2.60. The van der Waals surface area contributed by atoms with Crippen LogP contribution < -0.4 is 5.32 Å². The van der Waals surface area contributed by atoms with E-state index >= 15 is 0 Å². The van der Waals surface area contributed by atoms with Crippen molar-refractivity contribution >= 4 is 5.91 Å². The molecule has 0 aliphatic carbocycles. The van der Waals surface area contributed by atoms with Crippen LogP contribution in [0.5, 0.6) is 0 Å². The van der Waals surface area contributed by atoms with Gasteiger partial charge in [0.15, 0.2) is 6.29 Å². The summed E-state index contributed by atoms with van der Waals surface area (Å²) in [5, 5.41) is 75.7. The minimum absolute atomic E-state index is 0.248. The van der Waals surface area contributed by atoms with Crippen molar-refractivity contribution in [2.45, 2.75) is 319 Å². The van der Waals surface area contributed by atoms with E-state index in [1.54, 1.807) is 0 Å². The summed E-state index contributed by atoms with van der Waals surface area (Å²) in [6, 6.07) is -1.19. The monoisotopic (exact) mass is 968 g/mol. The smallest absolute Gasteiger partial charge is 0.249 e. The van der Waals surface area contributed by atoms with Crippen LogP contribution in [0, 0.1) is 0 Å². The van der Waals surface area contributed by atoms with Crippen molar-refractivity contribution in [2.24, 2.45) is 0 Å². The van der Waals surface area contributed by atoms with Gasteiger partial charge in [0.1, 0.15) is 36.6 Å². The van der Waals surface area contributed by atoms with Gasteiger partial charge in [-0.15, -0.1) is 0 Å². The molecule has 9 unspecified atom stereocenters. The molecule has 9 atom stereocenters. The third kappa shape index (κ3) is 34.8. The van der Waals surface area contributed by atoms with E-state index in [4.69, 9.17) is 9.47 Å². The maximum Gasteiger partial charge on any atom is 0.249 e. The standard InChI is InChI=1S/C57H109NO10/c1-3-5-7-9-11-13-14-15-16-17-18-19-20-21-22-23-24-25-26-27-28-29-30-31-32-33-34-35-37-38-40-42-44-49(60)52(62)48(47-67-57-55(65)54(64)53(63)51(46-59)68-57)58-56(66)50(61)45-43-41-39-36-12-10-8-6-4-2/h32-33,37-38,48-55,57,59-65H,3-31,34-36,39-47H2,1-2H3,(H,58,66)/b33-32+,38-37+. The second-order valence-electron chi connectivity index (χ2n) is 20.4. The van der Waals surface area contributed by atoms with Crippen LogP contribution in [-0.2, 0) is 14.3 Å². The fourth-order valence-electron chi connectivity index (χ4n) is 9.28. The van der Waals surface area contributed by atoms with Gasteiger partial charge < -0.3 is 50.5 Å². The molecule has 0 aromatic rings. The highest BCUT2D eigenvalue weighted by Gasteiger charge is 2.44. The molecule has 1 heterocycles. The van der Waals surface area contributed by atoms with Gasteiger partial charge in [-0.2, -0.15) is 0 Å². The number of amides is 1. The molecular weight excluding hydrogens is 859 g/mol. The summed E-state index contributed by atoms with van der Waals surface area (Å²) in [7, 11) is 0. The first-order valence-corrected chi connectivity index (χ1v) is 28.7. The zero-order valence-electron chi connectivity index (χ0n) is 43.9. The third-order valence-electron chi connectivity index (χ3n) is 14.0. The molecule has 0 saturated carbocycles. The van der Waals surface area contributed by atoms with E-state index in [2.05, 4.69) is 43.5 Å². The number of ether oxygens (including phenoxy) is 2. The molecule has 1 rings (SSSR count). The van der Waals surface area contributed by atoms with E-state index in [-0.39, 0.29) is 12.8 Å². The molecule has 8 N–H and O–H groups in total. The van der Waals surface area contributed by atoms with Gasteiger partial charge in [-0.3, -0.25) is 4.79 Å². The molecule has 11 heteroatoms. The van der Waals surface area contributed by atoms with Gasteiger partial charge in [0, 0.05) is 0 Å². The molecule has 1 saturated heterocycles. The number of hydrogen-bond acceptors (Lipinski definition) is 10. The second-order valence-corrected chi connectivity index (χ2v) is 20.4. The predicted octanol–water partition coefficient (Wildman–Crippen LogP) is 11.7. The van der Waals surface area contributed by atoms with Gasteiger partial charge >= 0.3 is 0 Å². The number of unbranched alkanes of at least 4 members (excludes halogenated alkanes) is 33. The van der Waals surface area contributed by atoms with Crippen LogP contribution >= 0.6 is 0 Å². The SMILES string of the molecule is CCCCCCCCCCCCCCCCCCCCCCCCC/C=C/CC/C=C/CCCC(O)C(O)C(COC1OC(CO)C(O)C(O)C1O)NC(=O)C(O)CCCCCCCCCCC. The van der Waals surface area contributed by atoms with Gasteiger partial charge in [-0.05, 0) is 51.4 Å². The van der Waals surface area contributed by atoms with Crippen LogP contribution in [0.2, 0.25) is 0 Å². The number of rotatable bonds is 49. The molecule has 0 aromatic carbocycles. The molecule has 11 nitrogen and oxygen atoms in total. The van der Waals surface area contributed by atoms with E-state index in [1.807, 2.05) is 0 Å². The quantitative estimate of drug-likeness (QED) is 0.0215. The van der Waals surface area contributed by atoms with Crippen LogP contribution in [-0.4, -0.2) is 110 Å². The summed E-state index contributed by atoms with van der Waals surface area (Å²) < 4.78 is 11.1.